The van der Waals surface area contributed by atoms with Crippen LogP contribution in [-0.4, -0.2) is 22.9 Å². The summed E-state index contributed by atoms with van der Waals surface area (Å²) < 4.78 is 0. The van der Waals surface area contributed by atoms with E-state index in [9.17, 15) is 4.79 Å². The molecule has 0 radical (unpaired) electrons. The molecule has 0 aromatic carbocycles. The summed E-state index contributed by atoms with van der Waals surface area (Å²) in [5.41, 5.74) is 0. The van der Waals surface area contributed by atoms with Crippen LogP contribution >= 0.6 is 0 Å². The van der Waals surface area contributed by atoms with Crippen molar-refractivity contribution in [3.63, 3.8) is 0 Å². The van der Waals surface area contributed by atoms with Gasteiger partial charge in [-0.15, -0.1) is 0 Å². The van der Waals surface area contributed by atoms with Crippen LogP contribution in [-0.2, 0) is 4.79 Å². The number of rotatable bonds is 3. The van der Waals surface area contributed by atoms with E-state index in [-0.39, 0.29) is 5.91 Å². The fourth-order valence-electron chi connectivity index (χ4n) is 1.47. The largest absolute Gasteiger partial charge is 0.333 e. The van der Waals surface area contributed by atoms with Gasteiger partial charge < -0.3 is 4.90 Å². The van der Waals surface area contributed by atoms with E-state index in [0.717, 1.165) is 0 Å². The first-order valence-corrected chi connectivity index (χ1v) is 4.27. The molecule has 0 saturated heterocycles. The highest BCUT2D eigenvalue weighted by Gasteiger charge is 2.40. The molecule has 11 heavy (non-hydrogen) atoms. The lowest BCUT2D eigenvalue weighted by molar-refractivity contribution is -0.127. The van der Waals surface area contributed by atoms with Gasteiger partial charge in [-0.1, -0.05) is 6.58 Å². The smallest absolute Gasteiger partial charge is 0.246 e. The third kappa shape index (κ3) is 1.30. The molecule has 1 amide bonds. The van der Waals surface area contributed by atoms with Gasteiger partial charge in [-0.3, -0.25) is 4.79 Å². The highest BCUT2D eigenvalue weighted by atomic mass is 16.2. The van der Waals surface area contributed by atoms with Crippen LogP contribution in [0.5, 0.6) is 0 Å². The highest BCUT2D eigenvalue weighted by Crippen LogP contribution is 2.37. The third-order valence-corrected chi connectivity index (χ3v) is 2.31. The van der Waals surface area contributed by atoms with Crippen molar-refractivity contribution in [1.82, 2.24) is 4.90 Å². The summed E-state index contributed by atoms with van der Waals surface area (Å²) in [4.78, 5) is 13.3. The number of carbonyl (C=O) groups is 1. The van der Waals surface area contributed by atoms with Crippen LogP contribution in [0.15, 0.2) is 12.7 Å². The van der Waals surface area contributed by atoms with Gasteiger partial charge in [0, 0.05) is 12.1 Å². The maximum atomic E-state index is 11.3. The molecule has 0 aromatic rings. The molecule has 2 nitrogen and oxygen atoms in total. The van der Waals surface area contributed by atoms with Gasteiger partial charge in [-0.2, -0.15) is 0 Å². The molecule has 0 bridgehead atoms. The van der Waals surface area contributed by atoms with Crippen molar-refractivity contribution in [3.8, 4) is 0 Å². The van der Waals surface area contributed by atoms with Crippen molar-refractivity contribution in [1.29, 1.82) is 0 Å². The van der Waals surface area contributed by atoms with E-state index < -0.39 is 0 Å². The topological polar surface area (TPSA) is 20.3 Å². The van der Waals surface area contributed by atoms with Gasteiger partial charge in [0.2, 0.25) is 5.91 Å². The van der Waals surface area contributed by atoms with Crippen molar-refractivity contribution < 1.29 is 4.79 Å². The molecule has 0 N–H and O–H groups in total. The van der Waals surface area contributed by atoms with Crippen molar-refractivity contribution in [3.05, 3.63) is 12.7 Å². The Bertz CT molecular complexity index is 180. The average Bonchev–Trinajstić information content (AvgIpc) is 2.81. The third-order valence-electron chi connectivity index (χ3n) is 2.31. The highest BCUT2D eigenvalue weighted by molar-refractivity contribution is 5.88. The molecule has 60 valence electrons. The zero-order valence-corrected chi connectivity index (χ0v) is 6.62. The lowest BCUT2D eigenvalue weighted by atomic mass is 10.4. The van der Waals surface area contributed by atoms with E-state index >= 15 is 0 Å². The van der Waals surface area contributed by atoms with Crippen LogP contribution in [0.25, 0.3) is 0 Å². The zero-order chi connectivity index (χ0) is 7.84. The predicted octanol–water partition coefficient (Wildman–Crippen LogP) is 1.33. The van der Waals surface area contributed by atoms with E-state index in [2.05, 4.69) is 6.58 Å². The second-order valence-electron chi connectivity index (χ2n) is 3.41. The Balaban J connectivity index is 2.01. The molecule has 2 rings (SSSR count). The van der Waals surface area contributed by atoms with E-state index in [4.69, 9.17) is 0 Å². The van der Waals surface area contributed by atoms with Gasteiger partial charge in [0.1, 0.15) is 0 Å². The molecular weight excluding hydrogens is 138 g/mol. The molecule has 2 saturated carbocycles. The van der Waals surface area contributed by atoms with Crippen molar-refractivity contribution >= 4 is 5.91 Å². The quantitative estimate of drug-likeness (QED) is 0.557. The zero-order valence-electron chi connectivity index (χ0n) is 6.62. The van der Waals surface area contributed by atoms with E-state index in [1.54, 1.807) is 0 Å². The Hall–Kier alpha value is -0.790. The second-order valence-corrected chi connectivity index (χ2v) is 3.41. The molecule has 2 fully saturated rings. The summed E-state index contributed by atoms with van der Waals surface area (Å²) in [5.74, 6) is 0.134. The number of hydrogen-bond acceptors (Lipinski definition) is 1. The Morgan fingerprint density at radius 3 is 2.00 bits per heavy atom. The normalized spacial score (nSPS) is 22.9. The molecule has 2 aliphatic rings. The maximum Gasteiger partial charge on any atom is 0.246 e. The first kappa shape index (κ1) is 6.89. The van der Waals surface area contributed by atoms with Crippen LogP contribution in [0, 0.1) is 0 Å². The number of hydrogen-bond donors (Lipinski definition) is 0. The summed E-state index contributed by atoms with van der Waals surface area (Å²) in [5, 5.41) is 0. The Labute approximate surface area is 66.9 Å². The lowest BCUT2D eigenvalue weighted by Gasteiger charge is -2.19. The predicted molar refractivity (Wildman–Crippen MR) is 43.1 cm³/mol. The van der Waals surface area contributed by atoms with Gasteiger partial charge in [0.25, 0.3) is 0 Å². The number of amides is 1. The standard InChI is InChI=1S/C9H13NO/c1-2-9(11)10(7-3-4-7)8-5-6-8/h2,7-8H,1,3-6H2. The lowest BCUT2D eigenvalue weighted by Crippen LogP contribution is -2.33. The Morgan fingerprint density at radius 2 is 1.73 bits per heavy atom. The van der Waals surface area contributed by atoms with Crippen LogP contribution < -0.4 is 0 Å². The molecule has 0 unspecified atom stereocenters. The maximum absolute atomic E-state index is 11.3. The van der Waals surface area contributed by atoms with Gasteiger partial charge in [0.05, 0.1) is 0 Å². The number of carbonyl (C=O) groups excluding carboxylic acids is 1. The van der Waals surface area contributed by atoms with Crippen molar-refractivity contribution in [2.45, 2.75) is 37.8 Å². The summed E-state index contributed by atoms with van der Waals surface area (Å²) in [7, 11) is 0. The van der Waals surface area contributed by atoms with Crippen molar-refractivity contribution in [2.24, 2.45) is 0 Å². The summed E-state index contributed by atoms with van der Waals surface area (Å²) in [6.07, 6.45) is 6.26. The van der Waals surface area contributed by atoms with Crippen LogP contribution in [0.1, 0.15) is 25.7 Å². The first-order chi connectivity index (χ1) is 5.33. The molecule has 0 aliphatic heterocycles. The Kier molecular flexibility index (Phi) is 1.48. The molecule has 0 aromatic heterocycles. The molecule has 0 heterocycles. The molecule has 0 atom stereocenters. The average molecular weight is 151 g/mol. The van der Waals surface area contributed by atoms with E-state index in [1.165, 1.54) is 31.8 Å². The molecule has 2 aliphatic carbocycles. The number of nitrogens with zero attached hydrogens (tertiary/aromatic N) is 1. The summed E-state index contributed by atoms with van der Waals surface area (Å²) in [6, 6.07) is 1.13. The van der Waals surface area contributed by atoms with Crippen LogP contribution in [0.4, 0.5) is 0 Å². The minimum absolute atomic E-state index is 0.134. The minimum atomic E-state index is 0.134. The first-order valence-electron chi connectivity index (χ1n) is 4.27. The molecular formula is C9H13NO. The van der Waals surface area contributed by atoms with E-state index in [0.29, 0.717) is 12.1 Å². The summed E-state index contributed by atoms with van der Waals surface area (Å²) >= 11 is 0. The van der Waals surface area contributed by atoms with E-state index in [1.807, 2.05) is 4.90 Å². The molecule has 2 heteroatoms. The fraction of sp³-hybridized carbons (Fsp3) is 0.667. The molecule has 0 spiro atoms. The van der Waals surface area contributed by atoms with Crippen LogP contribution in [0.2, 0.25) is 0 Å². The second kappa shape index (κ2) is 2.36. The SMILES string of the molecule is C=CC(=O)N(C1CC1)C1CC1. The van der Waals surface area contributed by atoms with Gasteiger partial charge in [-0.05, 0) is 31.8 Å². The minimum Gasteiger partial charge on any atom is -0.333 e. The van der Waals surface area contributed by atoms with Gasteiger partial charge >= 0.3 is 0 Å². The monoisotopic (exact) mass is 151 g/mol. The fourth-order valence-corrected chi connectivity index (χ4v) is 1.47. The van der Waals surface area contributed by atoms with Gasteiger partial charge in [-0.25, -0.2) is 0 Å². The van der Waals surface area contributed by atoms with Gasteiger partial charge in [0.15, 0.2) is 0 Å². The van der Waals surface area contributed by atoms with Crippen molar-refractivity contribution in [2.75, 3.05) is 0 Å². The van der Waals surface area contributed by atoms with Crippen LogP contribution in [0.3, 0.4) is 0 Å². The Morgan fingerprint density at radius 1 is 1.27 bits per heavy atom. The summed E-state index contributed by atoms with van der Waals surface area (Å²) in [6.45, 7) is 3.51.